The van der Waals surface area contributed by atoms with Crippen molar-refractivity contribution < 1.29 is 0 Å². The molecular weight excluding hydrogens is 176 g/mol. The van der Waals surface area contributed by atoms with Crippen LogP contribution < -0.4 is 5.73 Å². The second-order valence-corrected chi connectivity index (χ2v) is 3.10. The molecule has 0 atom stereocenters. The Morgan fingerprint density at radius 3 is 2.86 bits per heavy atom. The predicted molar refractivity (Wildman–Crippen MR) is 53.5 cm³/mol. The van der Waals surface area contributed by atoms with E-state index in [4.69, 9.17) is 5.73 Å². The van der Waals surface area contributed by atoms with E-state index in [1.807, 2.05) is 29.1 Å². The zero-order valence-electron chi connectivity index (χ0n) is 7.80. The van der Waals surface area contributed by atoms with Gasteiger partial charge in [-0.05, 0) is 11.6 Å². The van der Waals surface area contributed by atoms with Gasteiger partial charge in [-0.1, -0.05) is 6.07 Å². The molecule has 2 rings (SSSR count). The van der Waals surface area contributed by atoms with E-state index in [0.717, 1.165) is 17.8 Å². The van der Waals surface area contributed by atoms with Crippen LogP contribution in [0.25, 0.3) is 0 Å². The maximum atomic E-state index is 5.48. The number of hydrogen-bond acceptors (Lipinski definition) is 3. The first-order chi connectivity index (χ1) is 6.88. The summed E-state index contributed by atoms with van der Waals surface area (Å²) in [5, 5.41) is 0. The predicted octanol–water partition coefficient (Wildman–Crippen LogP) is 0.785. The molecule has 0 aliphatic rings. The molecule has 0 spiro atoms. The SMILES string of the molecule is NCc1ccc(Cn2ccnc2)nc1. The number of imidazole rings is 1. The van der Waals surface area contributed by atoms with Crippen molar-refractivity contribution in [3.8, 4) is 0 Å². The van der Waals surface area contributed by atoms with Gasteiger partial charge in [-0.3, -0.25) is 4.98 Å². The summed E-state index contributed by atoms with van der Waals surface area (Å²) in [5.74, 6) is 0. The average Bonchev–Trinajstić information content (AvgIpc) is 2.72. The average molecular weight is 188 g/mol. The first kappa shape index (κ1) is 8.90. The molecule has 4 nitrogen and oxygen atoms in total. The van der Waals surface area contributed by atoms with E-state index in [2.05, 4.69) is 9.97 Å². The van der Waals surface area contributed by atoms with Crippen LogP contribution in [0.3, 0.4) is 0 Å². The van der Waals surface area contributed by atoms with Gasteiger partial charge in [0.1, 0.15) is 0 Å². The number of pyridine rings is 1. The Kier molecular flexibility index (Phi) is 2.55. The van der Waals surface area contributed by atoms with Crippen LogP contribution >= 0.6 is 0 Å². The third-order valence-electron chi connectivity index (χ3n) is 2.03. The first-order valence-electron chi connectivity index (χ1n) is 4.48. The van der Waals surface area contributed by atoms with Crippen molar-refractivity contribution in [3.05, 3.63) is 48.3 Å². The molecular formula is C10H12N4. The van der Waals surface area contributed by atoms with E-state index in [1.54, 1.807) is 12.5 Å². The highest BCUT2D eigenvalue weighted by Gasteiger charge is 1.95. The molecule has 0 saturated heterocycles. The van der Waals surface area contributed by atoms with Crippen LogP contribution in [0.1, 0.15) is 11.3 Å². The number of rotatable bonds is 3. The van der Waals surface area contributed by atoms with Gasteiger partial charge in [0.15, 0.2) is 0 Å². The summed E-state index contributed by atoms with van der Waals surface area (Å²) >= 11 is 0. The molecule has 72 valence electrons. The van der Waals surface area contributed by atoms with Crippen molar-refractivity contribution in [1.82, 2.24) is 14.5 Å². The minimum atomic E-state index is 0.540. The van der Waals surface area contributed by atoms with Gasteiger partial charge < -0.3 is 10.3 Å². The largest absolute Gasteiger partial charge is 0.331 e. The van der Waals surface area contributed by atoms with E-state index in [9.17, 15) is 0 Å². The van der Waals surface area contributed by atoms with Crippen molar-refractivity contribution in [2.75, 3.05) is 0 Å². The molecule has 2 aromatic rings. The van der Waals surface area contributed by atoms with Crippen molar-refractivity contribution in [2.45, 2.75) is 13.1 Å². The molecule has 14 heavy (non-hydrogen) atoms. The summed E-state index contributed by atoms with van der Waals surface area (Å²) in [6.07, 6.45) is 7.26. The van der Waals surface area contributed by atoms with Gasteiger partial charge in [0.2, 0.25) is 0 Å². The molecule has 0 unspecified atom stereocenters. The van der Waals surface area contributed by atoms with Gasteiger partial charge in [0.05, 0.1) is 18.6 Å². The second-order valence-electron chi connectivity index (χ2n) is 3.10. The highest BCUT2D eigenvalue weighted by atomic mass is 15.0. The van der Waals surface area contributed by atoms with Crippen LogP contribution in [0.15, 0.2) is 37.1 Å². The maximum absolute atomic E-state index is 5.48. The zero-order valence-corrected chi connectivity index (χ0v) is 7.80. The normalized spacial score (nSPS) is 10.4. The third-order valence-corrected chi connectivity index (χ3v) is 2.03. The monoisotopic (exact) mass is 188 g/mol. The van der Waals surface area contributed by atoms with Gasteiger partial charge in [-0.25, -0.2) is 4.98 Å². The standard InChI is InChI=1S/C10H12N4/c11-5-9-1-2-10(13-6-9)7-14-4-3-12-8-14/h1-4,6,8H,5,7,11H2. The van der Waals surface area contributed by atoms with Crippen molar-refractivity contribution in [2.24, 2.45) is 5.73 Å². The summed E-state index contributed by atoms with van der Waals surface area (Å²) in [7, 11) is 0. The Labute approximate surface area is 82.4 Å². The highest BCUT2D eigenvalue weighted by Crippen LogP contribution is 2.01. The van der Waals surface area contributed by atoms with Gasteiger partial charge >= 0.3 is 0 Å². The molecule has 0 radical (unpaired) electrons. The van der Waals surface area contributed by atoms with E-state index >= 15 is 0 Å². The molecule has 0 saturated carbocycles. The summed E-state index contributed by atoms with van der Waals surface area (Å²) in [6.45, 7) is 1.29. The molecule has 0 aliphatic heterocycles. The molecule has 0 amide bonds. The minimum absolute atomic E-state index is 0.540. The summed E-state index contributed by atoms with van der Waals surface area (Å²) < 4.78 is 1.98. The third kappa shape index (κ3) is 1.97. The molecule has 0 fully saturated rings. The van der Waals surface area contributed by atoms with Gasteiger partial charge in [0, 0.05) is 25.1 Å². The molecule has 4 heteroatoms. The number of nitrogens with zero attached hydrogens (tertiary/aromatic N) is 3. The Morgan fingerprint density at radius 1 is 1.36 bits per heavy atom. The van der Waals surface area contributed by atoms with E-state index in [1.165, 1.54) is 0 Å². The molecule has 0 aliphatic carbocycles. The van der Waals surface area contributed by atoms with Crippen LogP contribution in [0.5, 0.6) is 0 Å². The summed E-state index contributed by atoms with van der Waals surface area (Å²) in [4.78, 5) is 8.26. The Morgan fingerprint density at radius 2 is 2.29 bits per heavy atom. The van der Waals surface area contributed by atoms with Crippen LogP contribution in [-0.4, -0.2) is 14.5 Å². The van der Waals surface area contributed by atoms with E-state index in [-0.39, 0.29) is 0 Å². The number of aromatic nitrogens is 3. The van der Waals surface area contributed by atoms with Crippen LogP contribution in [0.4, 0.5) is 0 Å². The lowest BCUT2D eigenvalue weighted by molar-refractivity contribution is 0.771. The number of nitrogens with two attached hydrogens (primary N) is 1. The van der Waals surface area contributed by atoms with Crippen molar-refractivity contribution in [1.29, 1.82) is 0 Å². The maximum Gasteiger partial charge on any atom is 0.0949 e. The quantitative estimate of drug-likeness (QED) is 0.774. The lowest BCUT2D eigenvalue weighted by Crippen LogP contribution is -2.01. The molecule has 0 bridgehead atoms. The van der Waals surface area contributed by atoms with Crippen molar-refractivity contribution in [3.63, 3.8) is 0 Å². The first-order valence-corrected chi connectivity index (χ1v) is 4.48. The topological polar surface area (TPSA) is 56.7 Å². The van der Waals surface area contributed by atoms with Gasteiger partial charge in [-0.2, -0.15) is 0 Å². The number of hydrogen-bond donors (Lipinski definition) is 1. The molecule has 0 aromatic carbocycles. The summed E-state index contributed by atoms with van der Waals surface area (Å²) in [6, 6.07) is 3.99. The molecule has 2 N–H and O–H groups in total. The second kappa shape index (κ2) is 4.02. The summed E-state index contributed by atoms with van der Waals surface area (Å²) in [5.41, 5.74) is 7.55. The van der Waals surface area contributed by atoms with Crippen LogP contribution in [0.2, 0.25) is 0 Å². The van der Waals surface area contributed by atoms with Gasteiger partial charge in [-0.15, -0.1) is 0 Å². The van der Waals surface area contributed by atoms with Crippen LogP contribution in [-0.2, 0) is 13.1 Å². The lowest BCUT2D eigenvalue weighted by atomic mass is 10.2. The van der Waals surface area contributed by atoms with Crippen LogP contribution in [0, 0.1) is 0 Å². The smallest absolute Gasteiger partial charge is 0.0949 e. The van der Waals surface area contributed by atoms with Crippen molar-refractivity contribution >= 4 is 0 Å². The lowest BCUT2D eigenvalue weighted by Gasteiger charge is -2.02. The van der Waals surface area contributed by atoms with Gasteiger partial charge in [0.25, 0.3) is 0 Å². The Hall–Kier alpha value is -1.68. The van der Waals surface area contributed by atoms with E-state index < -0.39 is 0 Å². The fourth-order valence-electron chi connectivity index (χ4n) is 1.24. The minimum Gasteiger partial charge on any atom is -0.331 e. The fraction of sp³-hybridized carbons (Fsp3) is 0.200. The zero-order chi connectivity index (χ0) is 9.80. The fourth-order valence-corrected chi connectivity index (χ4v) is 1.24. The Bertz CT molecular complexity index is 377. The Balaban J connectivity index is 2.10. The molecule has 2 aromatic heterocycles. The van der Waals surface area contributed by atoms with E-state index in [0.29, 0.717) is 6.54 Å². The highest BCUT2D eigenvalue weighted by molar-refractivity contribution is 5.13. The molecule has 2 heterocycles.